The third kappa shape index (κ3) is 35.7. The molecule has 4 N–H and O–H groups in total. The summed E-state index contributed by atoms with van der Waals surface area (Å²) in [6.07, 6.45) is 41.2. The summed E-state index contributed by atoms with van der Waals surface area (Å²) in [5.74, 6) is -2.43. The Labute approximate surface area is 397 Å². The number of carboxylic acid groups (broad SMARTS) is 1. The number of esters is 2. The predicted molar refractivity (Wildman–Crippen MR) is 262 cm³/mol. The summed E-state index contributed by atoms with van der Waals surface area (Å²) >= 11 is 0. The number of aliphatic hydroxyl groups excluding tert-OH is 3. The fourth-order valence-corrected chi connectivity index (χ4v) is 8.58. The van der Waals surface area contributed by atoms with Crippen LogP contribution < -0.4 is 0 Å². The zero-order valence-electron chi connectivity index (χ0n) is 41.8. The average molecular weight is 925 g/mol. The van der Waals surface area contributed by atoms with Crippen molar-refractivity contribution in [1.29, 1.82) is 0 Å². The molecule has 0 radical (unpaired) electrons. The molecule has 1 saturated heterocycles. The topological polar surface area (TPSA) is 169 Å². The van der Waals surface area contributed by atoms with Gasteiger partial charge in [0.2, 0.25) is 0 Å². The van der Waals surface area contributed by atoms with E-state index in [0.29, 0.717) is 12.8 Å². The Hall–Kier alpha value is -2.05. The van der Waals surface area contributed by atoms with Crippen molar-refractivity contribution in [3.05, 3.63) is 12.2 Å². The maximum Gasteiger partial charge on any atom is 0.335 e. The lowest BCUT2D eigenvalue weighted by Gasteiger charge is -2.38. The fraction of sp³-hybridized carbons (Fsp3) is 0.907. The highest BCUT2D eigenvalue weighted by Gasteiger charge is 2.47. The summed E-state index contributed by atoms with van der Waals surface area (Å²) in [6.45, 7) is 3.86. The molecule has 1 aliphatic heterocycles. The molecule has 11 heteroatoms. The van der Waals surface area contributed by atoms with E-state index < -0.39 is 54.7 Å². The van der Waals surface area contributed by atoms with Gasteiger partial charge in [-0.15, -0.1) is 0 Å². The summed E-state index contributed by atoms with van der Waals surface area (Å²) in [6, 6.07) is 0. The van der Waals surface area contributed by atoms with Crippen molar-refractivity contribution in [2.75, 3.05) is 13.2 Å². The van der Waals surface area contributed by atoms with Crippen LogP contribution in [0.15, 0.2) is 12.2 Å². The molecule has 0 aromatic heterocycles. The van der Waals surface area contributed by atoms with Gasteiger partial charge < -0.3 is 39.4 Å². The average Bonchev–Trinajstić information content (AvgIpc) is 3.29. The SMILES string of the molecule is CCCCCCCC/C=C\CCCCCCCCCC(=O)OCC(COC1OC(C(=O)O)C(O)C(O)C1O)OC(=O)CCCCCCCCCCCCCCCCCCCCCCCC. The Morgan fingerprint density at radius 3 is 1.20 bits per heavy atom. The highest BCUT2D eigenvalue weighted by Crippen LogP contribution is 2.23. The lowest BCUT2D eigenvalue weighted by Crippen LogP contribution is -2.60. The summed E-state index contributed by atoms with van der Waals surface area (Å²) in [5.41, 5.74) is 0. The summed E-state index contributed by atoms with van der Waals surface area (Å²) < 4.78 is 21.9. The van der Waals surface area contributed by atoms with Crippen molar-refractivity contribution in [1.82, 2.24) is 0 Å². The van der Waals surface area contributed by atoms with Gasteiger partial charge in [0.15, 0.2) is 18.5 Å². The van der Waals surface area contributed by atoms with Crippen LogP contribution in [0.5, 0.6) is 0 Å². The van der Waals surface area contributed by atoms with Crippen LogP contribution >= 0.6 is 0 Å². The van der Waals surface area contributed by atoms with Gasteiger partial charge in [-0.05, 0) is 38.5 Å². The van der Waals surface area contributed by atoms with Crippen LogP contribution in [0.1, 0.15) is 264 Å². The first kappa shape index (κ1) is 61.0. The molecule has 6 atom stereocenters. The normalized spacial score (nSPS) is 19.2. The minimum absolute atomic E-state index is 0.189. The van der Waals surface area contributed by atoms with Crippen LogP contribution in [0, 0.1) is 0 Å². The second-order valence-corrected chi connectivity index (χ2v) is 19.1. The van der Waals surface area contributed by atoms with Gasteiger partial charge in [0.25, 0.3) is 0 Å². The standard InChI is InChI=1S/C54H100O11/c1-3-5-7-9-11-13-15-17-19-21-22-23-24-25-27-29-31-33-35-37-39-41-43-48(56)64-46(45-63-54-51(59)49(57)50(58)52(65-54)53(60)61)44-62-47(55)42-40-38-36-34-32-30-28-26-20-18-16-14-12-10-8-6-4-2/h18,20,46,49-52,54,57-59H,3-17,19,21-45H2,1-2H3,(H,60,61)/b20-18-. The van der Waals surface area contributed by atoms with E-state index in [1.165, 1.54) is 180 Å². The Bertz CT molecular complexity index is 1130. The van der Waals surface area contributed by atoms with Crippen LogP contribution in [-0.2, 0) is 33.3 Å². The molecule has 1 heterocycles. The zero-order chi connectivity index (χ0) is 47.4. The van der Waals surface area contributed by atoms with Gasteiger partial charge in [0, 0.05) is 12.8 Å². The fourth-order valence-electron chi connectivity index (χ4n) is 8.58. The number of hydrogen-bond donors (Lipinski definition) is 4. The van der Waals surface area contributed by atoms with Crippen LogP contribution in [0.25, 0.3) is 0 Å². The highest BCUT2D eigenvalue weighted by molar-refractivity contribution is 5.73. The van der Waals surface area contributed by atoms with Crippen LogP contribution in [0.3, 0.4) is 0 Å². The molecule has 382 valence electrons. The number of aliphatic hydroxyl groups is 3. The van der Waals surface area contributed by atoms with Gasteiger partial charge in [-0.25, -0.2) is 4.79 Å². The molecule has 0 saturated carbocycles. The van der Waals surface area contributed by atoms with E-state index in [1.54, 1.807) is 0 Å². The van der Waals surface area contributed by atoms with E-state index in [0.717, 1.165) is 44.9 Å². The molecule has 6 unspecified atom stereocenters. The smallest absolute Gasteiger partial charge is 0.335 e. The second kappa shape index (κ2) is 44.5. The number of unbranched alkanes of at least 4 members (excludes halogenated alkanes) is 34. The Balaban J connectivity index is 2.25. The third-order valence-electron chi connectivity index (χ3n) is 12.9. The largest absolute Gasteiger partial charge is 0.479 e. The summed E-state index contributed by atoms with van der Waals surface area (Å²) in [5, 5.41) is 40.0. The number of carboxylic acids is 1. The first-order valence-electron chi connectivity index (χ1n) is 27.2. The number of rotatable bonds is 47. The minimum atomic E-state index is -1.86. The highest BCUT2D eigenvalue weighted by atomic mass is 16.7. The number of aliphatic carboxylic acids is 1. The van der Waals surface area contributed by atoms with E-state index in [-0.39, 0.29) is 26.1 Å². The Morgan fingerprint density at radius 1 is 0.462 bits per heavy atom. The van der Waals surface area contributed by atoms with Crippen molar-refractivity contribution in [3.8, 4) is 0 Å². The third-order valence-corrected chi connectivity index (χ3v) is 12.9. The van der Waals surface area contributed by atoms with E-state index in [1.807, 2.05) is 0 Å². The second-order valence-electron chi connectivity index (χ2n) is 19.1. The van der Waals surface area contributed by atoms with Gasteiger partial charge in [0.05, 0.1) is 6.61 Å². The first-order valence-corrected chi connectivity index (χ1v) is 27.2. The van der Waals surface area contributed by atoms with Gasteiger partial charge in [-0.2, -0.15) is 0 Å². The molecule has 0 aliphatic carbocycles. The molecule has 1 aliphatic rings. The number of allylic oxidation sites excluding steroid dienone is 2. The van der Waals surface area contributed by atoms with E-state index in [4.69, 9.17) is 18.9 Å². The molecule has 0 aromatic carbocycles. The lowest BCUT2D eigenvalue weighted by atomic mass is 9.99. The molecule has 0 spiro atoms. The molecule has 1 rings (SSSR count). The van der Waals surface area contributed by atoms with Crippen LogP contribution in [-0.4, -0.2) is 88.4 Å². The zero-order valence-corrected chi connectivity index (χ0v) is 41.8. The molecule has 1 fully saturated rings. The first-order chi connectivity index (χ1) is 31.7. The molecular weight excluding hydrogens is 825 g/mol. The summed E-state index contributed by atoms with van der Waals surface area (Å²) in [4.78, 5) is 37.0. The number of carbonyl (C=O) groups is 3. The van der Waals surface area contributed by atoms with Crippen molar-refractivity contribution >= 4 is 17.9 Å². The summed E-state index contributed by atoms with van der Waals surface area (Å²) in [7, 11) is 0. The van der Waals surface area contributed by atoms with Gasteiger partial charge in [0.1, 0.15) is 24.9 Å². The number of carbonyl (C=O) groups excluding carboxylic acids is 2. The van der Waals surface area contributed by atoms with Gasteiger partial charge in [-0.1, -0.05) is 225 Å². The maximum atomic E-state index is 12.9. The molecular formula is C54H100O11. The number of ether oxygens (including phenoxy) is 4. The lowest BCUT2D eigenvalue weighted by molar-refractivity contribution is -0.298. The Kier molecular flexibility index (Phi) is 41.7. The molecule has 0 bridgehead atoms. The monoisotopic (exact) mass is 925 g/mol. The van der Waals surface area contributed by atoms with Gasteiger partial charge in [-0.3, -0.25) is 9.59 Å². The molecule has 0 amide bonds. The molecule has 65 heavy (non-hydrogen) atoms. The van der Waals surface area contributed by atoms with Crippen molar-refractivity contribution in [2.24, 2.45) is 0 Å². The van der Waals surface area contributed by atoms with Crippen LogP contribution in [0.2, 0.25) is 0 Å². The van der Waals surface area contributed by atoms with E-state index in [2.05, 4.69) is 26.0 Å². The maximum absolute atomic E-state index is 12.9. The Morgan fingerprint density at radius 2 is 0.815 bits per heavy atom. The molecule has 0 aromatic rings. The predicted octanol–water partition coefficient (Wildman–Crippen LogP) is 13.2. The molecule has 11 nitrogen and oxygen atoms in total. The quantitative estimate of drug-likeness (QED) is 0.0260. The van der Waals surface area contributed by atoms with Crippen molar-refractivity contribution < 1.29 is 53.8 Å². The van der Waals surface area contributed by atoms with E-state index >= 15 is 0 Å². The van der Waals surface area contributed by atoms with E-state index in [9.17, 15) is 34.8 Å². The van der Waals surface area contributed by atoms with Crippen molar-refractivity contribution in [2.45, 2.75) is 301 Å². The van der Waals surface area contributed by atoms with Gasteiger partial charge >= 0.3 is 17.9 Å². The minimum Gasteiger partial charge on any atom is -0.479 e. The number of hydrogen-bond acceptors (Lipinski definition) is 10. The van der Waals surface area contributed by atoms with Crippen molar-refractivity contribution in [3.63, 3.8) is 0 Å². The van der Waals surface area contributed by atoms with Crippen LogP contribution in [0.4, 0.5) is 0 Å².